The van der Waals surface area contributed by atoms with Crippen molar-refractivity contribution in [2.45, 2.75) is 18.4 Å². The standard InChI is InChI=1S/C16H18ClNO3S/c1-3-22(19,20)16-7-5-4-6-14(16)18-11-12-8-9-15(21-2)13(17)10-12/h4-10,18H,3,11H2,1-2H3. The second-order valence-electron chi connectivity index (χ2n) is 4.72. The first kappa shape index (κ1) is 16.6. The van der Waals surface area contributed by atoms with Crippen molar-refractivity contribution in [2.75, 3.05) is 18.2 Å². The van der Waals surface area contributed by atoms with Gasteiger partial charge in [-0.2, -0.15) is 0 Å². The van der Waals surface area contributed by atoms with Crippen LogP contribution in [0.25, 0.3) is 0 Å². The van der Waals surface area contributed by atoms with E-state index in [-0.39, 0.29) is 5.75 Å². The summed E-state index contributed by atoms with van der Waals surface area (Å²) in [5.41, 5.74) is 1.53. The van der Waals surface area contributed by atoms with Crippen LogP contribution in [0, 0.1) is 0 Å². The number of nitrogens with one attached hydrogen (secondary N) is 1. The normalized spacial score (nSPS) is 11.2. The zero-order chi connectivity index (χ0) is 16.2. The number of hydrogen-bond donors (Lipinski definition) is 1. The fraction of sp³-hybridized carbons (Fsp3) is 0.250. The molecule has 2 aromatic rings. The quantitative estimate of drug-likeness (QED) is 0.870. The highest BCUT2D eigenvalue weighted by Crippen LogP contribution is 2.26. The molecule has 0 unspecified atom stereocenters. The van der Waals surface area contributed by atoms with Gasteiger partial charge in [0.05, 0.1) is 28.5 Å². The van der Waals surface area contributed by atoms with Crippen LogP contribution in [-0.2, 0) is 16.4 Å². The van der Waals surface area contributed by atoms with Gasteiger partial charge in [0.2, 0.25) is 0 Å². The van der Waals surface area contributed by atoms with Crippen LogP contribution in [0.15, 0.2) is 47.4 Å². The van der Waals surface area contributed by atoms with Crippen molar-refractivity contribution in [2.24, 2.45) is 0 Å². The molecule has 6 heteroatoms. The molecule has 0 fully saturated rings. The molecule has 0 saturated heterocycles. The summed E-state index contributed by atoms with van der Waals surface area (Å²) in [6.07, 6.45) is 0. The van der Waals surface area contributed by atoms with Crippen LogP contribution >= 0.6 is 11.6 Å². The maximum atomic E-state index is 12.1. The van der Waals surface area contributed by atoms with E-state index in [2.05, 4.69) is 5.32 Å². The lowest BCUT2D eigenvalue weighted by Gasteiger charge is -2.12. The Balaban J connectivity index is 2.21. The zero-order valence-electron chi connectivity index (χ0n) is 12.5. The molecule has 0 aliphatic heterocycles. The number of rotatable bonds is 6. The SMILES string of the molecule is CCS(=O)(=O)c1ccccc1NCc1ccc(OC)c(Cl)c1. The molecular formula is C16H18ClNO3S. The first-order valence-corrected chi connectivity index (χ1v) is 8.89. The van der Waals surface area contributed by atoms with Crippen LogP contribution in [0.1, 0.15) is 12.5 Å². The minimum Gasteiger partial charge on any atom is -0.495 e. The third kappa shape index (κ3) is 3.72. The number of methoxy groups -OCH3 is 1. The molecule has 0 aromatic heterocycles. The van der Waals surface area contributed by atoms with Gasteiger partial charge in [0.25, 0.3) is 0 Å². The number of sulfone groups is 1. The van der Waals surface area contributed by atoms with E-state index >= 15 is 0 Å². The average Bonchev–Trinajstić information content (AvgIpc) is 2.53. The molecule has 2 rings (SSSR count). The topological polar surface area (TPSA) is 55.4 Å². The molecule has 0 aliphatic rings. The van der Waals surface area contributed by atoms with Gasteiger partial charge in [-0.1, -0.05) is 36.7 Å². The third-order valence-electron chi connectivity index (χ3n) is 3.30. The highest BCUT2D eigenvalue weighted by atomic mass is 35.5. The van der Waals surface area contributed by atoms with E-state index in [9.17, 15) is 8.42 Å². The van der Waals surface area contributed by atoms with Gasteiger partial charge in [-0.05, 0) is 29.8 Å². The van der Waals surface area contributed by atoms with Crippen molar-refractivity contribution in [1.29, 1.82) is 0 Å². The second kappa shape index (κ2) is 7.03. The van der Waals surface area contributed by atoms with Gasteiger partial charge in [-0.15, -0.1) is 0 Å². The number of anilines is 1. The molecule has 2 aromatic carbocycles. The van der Waals surface area contributed by atoms with Crippen molar-refractivity contribution >= 4 is 27.1 Å². The molecule has 0 radical (unpaired) electrons. The van der Waals surface area contributed by atoms with E-state index in [1.54, 1.807) is 50.4 Å². The van der Waals surface area contributed by atoms with E-state index in [1.807, 2.05) is 6.07 Å². The lowest BCUT2D eigenvalue weighted by molar-refractivity contribution is 0.415. The van der Waals surface area contributed by atoms with Gasteiger partial charge in [-0.25, -0.2) is 8.42 Å². The molecule has 1 N–H and O–H groups in total. The predicted octanol–water partition coefficient (Wildman–Crippen LogP) is 3.75. The van der Waals surface area contributed by atoms with Gasteiger partial charge < -0.3 is 10.1 Å². The van der Waals surface area contributed by atoms with Gasteiger partial charge in [-0.3, -0.25) is 0 Å². The predicted molar refractivity (Wildman–Crippen MR) is 89.5 cm³/mol. The van der Waals surface area contributed by atoms with Crippen LogP contribution in [0.5, 0.6) is 5.75 Å². The first-order valence-electron chi connectivity index (χ1n) is 6.86. The van der Waals surface area contributed by atoms with Gasteiger partial charge >= 0.3 is 0 Å². The Labute approximate surface area is 136 Å². The van der Waals surface area contributed by atoms with Gasteiger partial charge in [0.15, 0.2) is 9.84 Å². The monoisotopic (exact) mass is 339 g/mol. The summed E-state index contributed by atoms with van der Waals surface area (Å²) in [6, 6.07) is 12.4. The zero-order valence-corrected chi connectivity index (χ0v) is 14.0. The van der Waals surface area contributed by atoms with E-state index in [0.717, 1.165) is 5.56 Å². The smallest absolute Gasteiger partial charge is 0.180 e. The minimum absolute atomic E-state index is 0.0695. The van der Waals surface area contributed by atoms with Crippen molar-refractivity contribution < 1.29 is 13.2 Å². The molecule has 0 aliphatic carbocycles. The fourth-order valence-corrected chi connectivity index (χ4v) is 3.41. The lowest BCUT2D eigenvalue weighted by Crippen LogP contribution is -2.09. The summed E-state index contributed by atoms with van der Waals surface area (Å²) in [5.74, 6) is 0.680. The Hall–Kier alpha value is -1.72. The number of ether oxygens (including phenoxy) is 1. The first-order chi connectivity index (χ1) is 10.5. The number of halogens is 1. The summed E-state index contributed by atoms with van der Waals surface area (Å²) in [7, 11) is -1.70. The van der Waals surface area contributed by atoms with Crippen molar-refractivity contribution in [3.8, 4) is 5.75 Å². The molecule has 0 spiro atoms. The summed E-state index contributed by atoms with van der Waals surface area (Å²) < 4.78 is 29.3. The van der Waals surface area contributed by atoms with Crippen LogP contribution in [-0.4, -0.2) is 21.3 Å². The fourth-order valence-electron chi connectivity index (χ4n) is 2.06. The van der Waals surface area contributed by atoms with Gasteiger partial charge in [0.1, 0.15) is 5.75 Å². The van der Waals surface area contributed by atoms with Crippen LogP contribution in [0.3, 0.4) is 0 Å². The largest absolute Gasteiger partial charge is 0.495 e. The molecule has 0 heterocycles. The minimum atomic E-state index is -3.26. The van der Waals surface area contributed by atoms with Crippen molar-refractivity contribution in [3.63, 3.8) is 0 Å². The summed E-state index contributed by atoms with van der Waals surface area (Å²) in [4.78, 5) is 0.317. The molecule has 118 valence electrons. The Morgan fingerprint density at radius 2 is 1.91 bits per heavy atom. The van der Waals surface area contributed by atoms with E-state index in [1.165, 1.54) is 0 Å². The third-order valence-corrected chi connectivity index (χ3v) is 5.38. The van der Waals surface area contributed by atoms with Gasteiger partial charge in [0, 0.05) is 6.54 Å². The second-order valence-corrected chi connectivity index (χ2v) is 7.38. The summed E-state index contributed by atoms with van der Waals surface area (Å²) in [6.45, 7) is 2.11. The Bertz CT molecular complexity index is 760. The Kier molecular flexibility index (Phi) is 5.32. The maximum Gasteiger partial charge on any atom is 0.180 e. The maximum absolute atomic E-state index is 12.1. The van der Waals surface area contributed by atoms with E-state index in [4.69, 9.17) is 16.3 Å². The Morgan fingerprint density at radius 3 is 2.55 bits per heavy atom. The lowest BCUT2D eigenvalue weighted by atomic mass is 10.2. The molecule has 0 bridgehead atoms. The molecule has 22 heavy (non-hydrogen) atoms. The average molecular weight is 340 g/mol. The number of para-hydroxylation sites is 1. The molecular weight excluding hydrogens is 322 g/mol. The number of hydrogen-bond acceptors (Lipinski definition) is 4. The molecule has 0 atom stereocenters. The van der Waals surface area contributed by atoms with Crippen LogP contribution in [0.4, 0.5) is 5.69 Å². The van der Waals surface area contributed by atoms with Crippen molar-refractivity contribution in [3.05, 3.63) is 53.1 Å². The van der Waals surface area contributed by atoms with Crippen LogP contribution in [0.2, 0.25) is 5.02 Å². The summed E-state index contributed by atoms with van der Waals surface area (Å²) >= 11 is 6.09. The summed E-state index contributed by atoms with van der Waals surface area (Å²) in [5, 5.41) is 3.68. The Morgan fingerprint density at radius 1 is 1.18 bits per heavy atom. The molecule has 4 nitrogen and oxygen atoms in total. The number of benzene rings is 2. The van der Waals surface area contributed by atoms with Crippen molar-refractivity contribution in [1.82, 2.24) is 0 Å². The molecule has 0 amide bonds. The van der Waals surface area contributed by atoms with E-state index in [0.29, 0.717) is 27.9 Å². The molecule has 0 saturated carbocycles. The highest BCUT2D eigenvalue weighted by Gasteiger charge is 2.15. The highest BCUT2D eigenvalue weighted by molar-refractivity contribution is 7.91. The van der Waals surface area contributed by atoms with E-state index < -0.39 is 9.84 Å². The van der Waals surface area contributed by atoms with Crippen LogP contribution < -0.4 is 10.1 Å².